The SMILES string of the molecule is COc1cc(NC(=O)c2cc(N3CCN[C@@H](CC#N)C3)nc(-c3ccc4cnn(C)c4c3)n2)c2ccccc2c1. The molecule has 0 unspecified atom stereocenters. The molecule has 6 rings (SSSR count). The molecule has 1 atom stereocenters. The Morgan fingerprint density at radius 2 is 2.02 bits per heavy atom. The Balaban J connectivity index is 1.42. The van der Waals surface area contributed by atoms with E-state index in [9.17, 15) is 10.1 Å². The first-order valence-corrected chi connectivity index (χ1v) is 13.1. The molecule has 3 aromatic carbocycles. The number of amides is 1. The molecule has 40 heavy (non-hydrogen) atoms. The maximum absolute atomic E-state index is 13.7. The van der Waals surface area contributed by atoms with Crippen LogP contribution < -0.4 is 20.3 Å². The molecule has 10 nitrogen and oxygen atoms in total. The highest BCUT2D eigenvalue weighted by atomic mass is 16.5. The number of anilines is 2. The molecule has 10 heteroatoms. The van der Waals surface area contributed by atoms with Crippen LogP contribution in [0, 0.1) is 11.3 Å². The van der Waals surface area contributed by atoms with Crippen LogP contribution in [0.5, 0.6) is 5.75 Å². The number of nitrogens with zero attached hydrogens (tertiary/aromatic N) is 6. The van der Waals surface area contributed by atoms with Gasteiger partial charge in [0.15, 0.2) is 5.82 Å². The van der Waals surface area contributed by atoms with Crippen LogP contribution >= 0.6 is 0 Å². The van der Waals surface area contributed by atoms with Crippen molar-refractivity contribution in [3.05, 3.63) is 72.6 Å². The number of rotatable bonds is 6. The molecule has 0 saturated carbocycles. The van der Waals surface area contributed by atoms with E-state index in [1.807, 2.05) is 67.8 Å². The number of fused-ring (bicyclic) bond motifs is 2. The van der Waals surface area contributed by atoms with Gasteiger partial charge in [0.1, 0.15) is 17.3 Å². The van der Waals surface area contributed by atoms with Crippen molar-refractivity contribution < 1.29 is 9.53 Å². The third kappa shape index (κ3) is 4.90. The summed E-state index contributed by atoms with van der Waals surface area (Å²) in [6, 6.07) is 21.4. The molecule has 5 aromatic rings. The predicted molar refractivity (Wildman–Crippen MR) is 154 cm³/mol. The number of ether oxygens (including phenoxy) is 1. The molecule has 0 aliphatic carbocycles. The van der Waals surface area contributed by atoms with Gasteiger partial charge in [0.25, 0.3) is 5.91 Å². The van der Waals surface area contributed by atoms with Gasteiger partial charge in [-0.25, -0.2) is 9.97 Å². The van der Waals surface area contributed by atoms with Crippen LogP contribution in [0.2, 0.25) is 0 Å². The summed E-state index contributed by atoms with van der Waals surface area (Å²) in [6.07, 6.45) is 2.20. The Morgan fingerprint density at radius 3 is 2.88 bits per heavy atom. The second-order valence-corrected chi connectivity index (χ2v) is 9.79. The van der Waals surface area contributed by atoms with Gasteiger partial charge in [-0.15, -0.1) is 0 Å². The second kappa shape index (κ2) is 10.6. The number of carbonyl (C=O) groups excluding carboxylic acids is 1. The van der Waals surface area contributed by atoms with Crippen molar-refractivity contribution in [3.8, 4) is 23.2 Å². The summed E-state index contributed by atoms with van der Waals surface area (Å²) in [4.78, 5) is 25.4. The summed E-state index contributed by atoms with van der Waals surface area (Å²) in [6.45, 7) is 2.01. The third-order valence-electron chi connectivity index (χ3n) is 7.19. The molecule has 1 aliphatic rings. The van der Waals surface area contributed by atoms with Crippen LogP contribution in [0.15, 0.2) is 66.9 Å². The number of hydrogen-bond donors (Lipinski definition) is 2. The van der Waals surface area contributed by atoms with Crippen LogP contribution in [-0.2, 0) is 7.05 Å². The average molecular weight is 533 g/mol. The number of benzene rings is 3. The highest BCUT2D eigenvalue weighted by Gasteiger charge is 2.23. The minimum absolute atomic E-state index is 0.0170. The molecule has 1 amide bonds. The van der Waals surface area contributed by atoms with E-state index in [1.54, 1.807) is 17.9 Å². The van der Waals surface area contributed by atoms with Crippen LogP contribution in [0.4, 0.5) is 11.5 Å². The van der Waals surface area contributed by atoms with Crippen LogP contribution in [0.3, 0.4) is 0 Å². The van der Waals surface area contributed by atoms with Crippen LogP contribution in [0.1, 0.15) is 16.9 Å². The second-order valence-electron chi connectivity index (χ2n) is 9.79. The summed E-state index contributed by atoms with van der Waals surface area (Å²) >= 11 is 0. The maximum atomic E-state index is 13.7. The topological polar surface area (TPSA) is 121 Å². The number of nitrogens with one attached hydrogen (secondary N) is 2. The molecule has 0 spiro atoms. The number of nitriles is 1. The lowest BCUT2D eigenvalue weighted by atomic mass is 10.1. The Kier molecular flexibility index (Phi) is 6.72. The smallest absolute Gasteiger partial charge is 0.274 e. The molecule has 2 aromatic heterocycles. The molecule has 3 heterocycles. The van der Waals surface area contributed by atoms with Crippen molar-refractivity contribution in [1.82, 2.24) is 25.1 Å². The minimum Gasteiger partial charge on any atom is -0.497 e. The van der Waals surface area contributed by atoms with Gasteiger partial charge in [-0.3, -0.25) is 9.48 Å². The third-order valence-corrected chi connectivity index (χ3v) is 7.19. The maximum Gasteiger partial charge on any atom is 0.274 e. The first-order valence-electron chi connectivity index (χ1n) is 13.1. The van der Waals surface area contributed by atoms with Crippen molar-refractivity contribution in [2.75, 3.05) is 37.0 Å². The molecule has 1 aliphatic heterocycles. The van der Waals surface area contributed by atoms with Gasteiger partial charge >= 0.3 is 0 Å². The van der Waals surface area contributed by atoms with E-state index in [0.717, 1.165) is 27.2 Å². The lowest BCUT2D eigenvalue weighted by Crippen LogP contribution is -2.51. The molecule has 200 valence electrons. The first-order chi connectivity index (χ1) is 19.5. The normalized spacial score (nSPS) is 15.2. The number of aromatic nitrogens is 4. The van der Waals surface area contributed by atoms with E-state index in [2.05, 4.69) is 26.7 Å². The summed E-state index contributed by atoms with van der Waals surface area (Å²) < 4.78 is 7.27. The Labute approximate surface area is 231 Å². The summed E-state index contributed by atoms with van der Waals surface area (Å²) in [5, 5.41) is 22.9. The summed E-state index contributed by atoms with van der Waals surface area (Å²) in [5.74, 6) is 1.37. The van der Waals surface area contributed by atoms with E-state index < -0.39 is 0 Å². The number of carbonyl (C=O) groups is 1. The van der Waals surface area contributed by atoms with Gasteiger partial charge in [-0.1, -0.05) is 36.4 Å². The van der Waals surface area contributed by atoms with Gasteiger partial charge in [-0.05, 0) is 17.5 Å². The predicted octanol–water partition coefficient (Wildman–Crippen LogP) is 4.14. The zero-order chi connectivity index (χ0) is 27.6. The fraction of sp³-hybridized carbons (Fsp3) is 0.233. The molecular formula is C30H28N8O2. The first kappa shape index (κ1) is 25.3. The highest BCUT2D eigenvalue weighted by molar-refractivity contribution is 6.09. The van der Waals surface area contributed by atoms with Gasteiger partial charge in [0.05, 0.1) is 37.0 Å². The van der Waals surface area contributed by atoms with E-state index in [4.69, 9.17) is 14.7 Å². The van der Waals surface area contributed by atoms with E-state index >= 15 is 0 Å². The number of piperazine rings is 1. The average Bonchev–Trinajstić information content (AvgIpc) is 3.36. The highest BCUT2D eigenvalue weighted by Crippen LogP contribution is 2.30. The van der Waals surface area contributed by atoms with E-state index in [-0.39, 0.29) is 17.6 Å². The number of hydrogen-bond acceptors (Lipinski definition) is 8. The largest absolute Gasteiger partial charge is 0.497 e. The van der Waals surface area contributed by atoms with Crippen molar-refractivity contribution >= 4 is 39.1 Å². The fourth-order valence-electron chi connectivity index (χ4n) is 5.10. The minimum atomic E-state index is -0.353. The van der Waals surface area contributed by atoms with Crippen molar-refractivity contribution in [3.63, 3.8) is 0 Å². The van der Waals surface area contributed by atoms with Crippen molar-refractivity contribution in [2.24, 2.45) is 7.05 Å². The zero-order valence-corrected chi connectivity index (χ0v) is 22.3. The zero-order valence-electron chi connectivity index (χ0n) is 22.3. The monoisotopic (exact) mass is 532 g/mol. The standard InChI is InChI=1S/C30H28N8O2/c1-37-27-14-20(7-8-21(27)17-33-37)29-34-26(16-28(36-29)38-12-11-32-22(18-38)9-10-31)30(39)35-25-15-23(40-2)13-19-5-3-4-6-24(19)25/h3-8,13-17,22,32H,9,11-12,18H2,1-2H3,(H,35,39)/t22-/m0/s1. The van der Waals surface area contributed by atoms with Crippen molar-refractivity contribution in [2.45, 2.75) is 12.5 Å². The van der Waals surface area contributed by atoms with E-state index in [0.29, 0.717) is 49.1 Å². The number of aryl methyl sites for hydroxylation is 1. The van der Waals surface area contributed by atoms with Crippen molar-refractivity contribution in [1.29, 1.82) is 5.26 Å². The summed E-state index contributed by atoms with van der Waals surface area (Å²) in [5.41, 5.74) is 2.60. The van der Waals surface area contributed by atoms with Crippen LogP contribution in [0.25, 0.3) is 33.1 Å². The Morgan fingerprint density at radius 1 is 1.15 bits per heavy atom. The Bertz CT molecular complexity index is 1770. The molecule has 0 bridgehead atoms. The molecule has 0 radical (unpaired) electrons. The van der Waals surface area contributed by atoms with E-state index in [1.165, 1.54) is 0 Å². The van der Waals surface area contributed by atoms with Crippen LogP contribution in [-0.4, -0.2) is 58.4 Å². The van der Waals surface area contributed by atoms with Gasteiger partial charge in [-0.2, -0.15) is 10.4 Å². The molecule has 1 fully saturated rings. The van der Waals surface area contributed by atoms with Gasteiger partial charge < -0.3 is 20.3 Å². The lowest BCUT2D eigenvalue weighted by Gasteiger charge is -2.33. The summed E-state index contributed by atoms with van der Waals surface area (Å²) in [7, 11) is 3.49. The molecule has 2 N–H and O–H groups in total. The number of methoxy groups -OCH3 is 1. The molecule has 1 saturated heterocycles. The molecular weight excluding hydrogens is 504 g/mol. The Hall–Kier alpha value is -5.01. The quantitative estimate of drug-likeness (QED) is 0.335. The lowest BCUT2D eigenvalue weighted by molar-refractivity contribution is 0.102. The van der Waals surface area contributed by atoms with Gasteiger partial charge in [0.2, 0.25) is 0 Å². The van der Waals surface area contributed by atoms with Gasteiger partial charge in [0, 0.05) is 61.2 Å². The fourth-order valence-corrected chi connectivity index (χ4v) is 5.10.